The van der Waals surface area contributed by atoms with E-state index in [2.05, 4.69) is 10.4 Å². The molecule has 0 saturated carbocycles. The van der Waals surface area contributed by atoms with Gasteiger partial charge < -0.3 is 15.0 Å². The second-order valence-electron chi connectivity index (χ2n) is 6.84. The average molecular weight is 467 g/mol. The largest absolute Gasteiger partial charge is 0.467 e. The molecule has 0 atom stereocenters. The third-order valence-corrected chi connectivity index (χ3v) is 4.54. The second kappa shape index (κ2) is 9.31. The number of para-hydroxylation sites is 1. The van der Waals surface area contributed by atoms with Crippen LogP contribution in [0.15, 0.2) is 54.6 Å². The number of carbonyl (C=O) groups excluding carboxylic acids is 2. The Kier molecular flexibility index (Phi) is 6.73. The summed E-state index contributed by atoms with van der Waals surface area (Å²) < 4.78 is 45.7. The smallest absolute Gasteiger partial charge is 0.435 e. The van der Waals surface area contributed by atoms with Gasteiger partial charge in [-0.1, -0.05) is 23.7 Å². The van der Waals surface area contributed by atoms with Gasteiger partial charge in [-0.15, -0.1) is 0 Å². The highest BCUT2D eigenvalue weighted by atomic mass is 35.5. The SMILES string of the molecule is CN(C)C(=O)c1ccc(NC(=O)COc2cc(C(F)(F)F)nn2-c2ccccc2Cl)cc1. The minimum absolute atomic E-state index is 0.158. The van der Waals surface area contributed by atoms with Gasteiger partial charge >= 0.3 is 6.18 Å². The maximum atomic E-state index is 13.2. The van der Waals surface area contributed by atoms with Gasteiger partial charge in [0.15, 0.2) is 12.3 Å². The van der Waals surface area contributed by atoms with Crippen molar-refractivity contribution in [3.05, 3.63) is 70.9 Å². The van der Waals surface area contributed by atoms with Crippen LogP contribution in [-0.2, 0) is 11.0 Å². The molecule has 0 radical (unpaired) electrons. The number of benzene rings is 2. The number of halogens is 4. The van der Waals surface area contributed by atoms with Crippen LogP contribution in [0.25, 0.3) is 5.69 Å². The molecule has 1 N–H and O–H groups in total. The number of amides is 2. The standard InChI is InChI=1S/C21H18ClF3N4O3/c1-28(2)20(31)13-7-9-14(10-8-13)26-18(30)12-32-19-11-17(21(23,24)25)27-29(19)16-6-4-3-5-15(16)22/h3-11H,12H2,1-2H3,(H,26,30). The van der Waals surface area contributed by atoms with Crippen LogP contribution in [0, 0.1) is 0 Å². The molecule has 0 saturated heterocycles. The highest BCUT2D eigenvalue weighted by molar-refractivity contribution is 6.32. The van der Waals surface area contributed by atoms with E-state index in [9.17, 15) is 22.8 Å². The van der Waals surface area contributed by atoms with Crippen LogP contribution >= 0.6 is 11.6 Å². The highest BCUT2D eigenvalue weighted by Crippen LogP contribution is 2.33. The summed E-state index contributed by atoms with van der Waals surface area (Å²) in [6, 6.07) is 13.0. The number of anilines is 1. The third-order valence-electron chi connectivity index (χ3n) is 4.22. The normalized spacial score (nSPS) is 11.2. The Labute approximate surface area is 186 Å². The van der Waals surface area contributed by atoms with E-state index in [1.807, 2.05) is 0 Å². The van der Waals surface area contributed by atoms with Crippen molar-refractivity contribution in [2.24, 2.45) is 0 Å². The lowest BCUT2D eigenvalue weighted by Crippen LogP contribution is -2.22. The van der Waals surface area contributed by atoms with E-state index in [0.29, 0.717) is 17.3 Å². The summed E-state index contributed by atoms with van der Waals surface area (Å²) in [7, 11) is 3.24. The summed E-state index contributed by atoms with van der Waals surface area (Å²) in [6.45, 7) is -0.578. The molecule has 0 aliphatic carbocycles. The molecule has 11 heteroatoms. The Morgan fingerprint density at radius 2 is 1.78 bits per heavy atom. The molecule has 0 aliphatic heterocycles. The number of aromatic nitrogens is 2. The van der Waals surface area contributed by atoms with Crippen molar-refractivity contribution in [3.63, 3.8) is 0 Å². The van der Waals surface area contributed by atoms with E-state index >= 15 is 0 Å². The first-order valence-electron chi connectivity index (χ1n) is 9.23. The maximum Gasteiger partial charge on any atom is 0.435 e. The molecule has 3 aromatic rings. The van der Waals surface area contributed by atoms with Crippen molar-refractivity contribution in [1.82, 2.24) is 14.7 Å². The molecule has 2 aromatic carbocycles. The van der Waals surface area contributed by atoms with Crippen LogP contribution in [0.1, 0.15) is 16.1 Å². The van der Waals surface area contributed by atoms with Crippen molar-refractivity contribution in [2.75, 3.05) is 26.0 Å². The zero-order chi connectivity index (χ0) is 23.5. The van der Waals surface area contributed by atoms with Gasteiger partial charge in [0.25, 0.3) is 11.8 Å². The third kappa shape index (κ3) is 5.38. The molecule has 168 valence electrons. The minimum atomic E-state index is -4.71. The van der Waals surface area contributed by atoms with Crippen molar-refractivity contribution in [1.29, 1.82) is 0 Å². The van der Waals surface area contributed by atoms with Crippen molar-refractivity contribution in [2.45, 2.75) is 6.18 Å². The highest BCUT2D eigenvalue weighted by Gasteiger charge is 2.36. The zero-order valence-electron chi connectivity index (χ0n) is 17.0. The molecule has 0 spiro atoms. The second-order valence-corrected chi connectivity index (χ2v) is 7.25. The van der Waals surface area contributed by atoms with Gasteiger partial charge in [-0.3, -0.25) is 9.59 Å². The number of nitrogens with one attached hydrogen (secondary N) is 1. The van der Waals surface area contributed by atoms with Gasteiger partial charge in [-0.25, -0.2) is 0 Å². The number of nitrogens with zero attached hydrogens (tertiary/aromatic N) is 3. The Bertz CT molecular complexity index is 1130. The van der Waals surface area contributed by atoms with E-state index in [0.717, 1.165) is 4.68 Å². The van der Waals surface area contributed by atoms with Gasteiger partial charge in [0.2, 0.25) is 5.88 Å². The zero-order valence-corrected chi connectivity index (χ0v) is 17.7. The summed E-state index contributed by atoms with van der Waals surface area (Å²) in [5.74, 6) is -1.11. The van der Waals surface area contributed by atoms with Gasteiger partial charge in [0, 0.05) is 31.4 Å². The minimum Gasteiger partial charge on any atom is -0.467 e. The molecule has 1 aromatic heterocycles. The molecule has 32 heavy (non-hydrogen) atoms. The lowest BCUT2D eigenvalue weighted by molar-refractivity contribution is -0.141. The average Bonchev–Trinajstić information content (AvgIpc) is 3.17. The van der Waals surface area contributed by atoms with E-state index in [4.69, 9.17) is 16.3 Å². The monoisotopic (exact) mass is 466 g/mol. The predicted molar refractivity (Wildman–Crippen MR) is 112 cm³/mol. The topological polar surface area (TPSA) is 76.5 Å². The first-order chi connectivity index (χ1) is 15.1. The number of hydrogen-bond donors (Lipinski definition) is 1. The summed E-state index contributed by atoms with van der Waals surface area (Å²) in [5.41, 5.74) is -0.188. The number of alkyl halides is 3. The molecule has 0 aliphatic rings. The van der Waals surface area contributed by atoms with Gasteiger partial charge in [-0.2, -0.15) is 23.0 Å². The number of ether oxygens (including phenoxy) is 1. The summed E-state index contributed by atoms with van der Waals surface area (Å²) in [5, 5.41) is 6.24. The quantitative estimate of drug-likeness (QED) is 0.589. The summed E-state index contributed by atoms with van der Waals surface area (Å²) in [4.78, 5) is 25.6. The van der Waals surface area contributed by atoms with Crippen molar-refractivity contribution in [3.8, 4) is 11.6 Å². The van der Waals surface area contributed by atoms with Crippen LogP contribution in [0.2, 0.25) is 5.02 Å². The van der Waals surface area contributed by atoms with Crippen molar-refractivity contribution < 1.29 is 27.5 Å². The fourth-order valence-electron chi connectivity index (χ4n) is 2.69. The van der Waals surface area contributed by atoms with Gasteiger partial charge in [0.1, 0.15) is 0 Å². The predicted octanol–water partition coefficient (Wildman–Crippen LogP) is 4.26. The van der Waals surface area contributed by atoms with Crippen LogP contribution < -0.4 is 10.1 Å². The Morgan fingerprint density at radius 3 is 2.38 bits per heavy atom. The fourth-order valence-corrected chi connectivity index (χ4v) is 2.91. The fraction of sp³-hybridized carbons (Fsp3) is 0.190. The van der Waals surface area contributed by atoms with Crippen molar-refractivity contribution >= 4 is 29.1 Å². The van der Waals surface area contributed by atoms with Crippen LogP contribution in [0.5, 0.6) is 5.88 Å². The van der Waals surface area contributed by atoms with Gasteiger partial charge in [0.05, 0.1) is 10.7 Å². The van der Waals surface area contributed by atoms with Crippen LogP contribution in [-0.4, -0.2) is 47.2 Å². The van der Waals surface area contributed by atoms with Gasteiger partial charge in [-0.05, 0) is 36.4 Å². The summed E-state index contributed by atoms with van der Waals surface area (Å²) in [6.07, 6.45) is -4.71. The Balaban J connectivity index is 1.73. The molecule has 1 heterocycles. The summed E-state index contributed by atoms with van der Waals surface area (Å²) >= 11 is 6.07. The van der Waals surface area contributed by atoms with E-state index < -0.39 is 24.4 Å². The molecule has 0 fully saturated rings. The first-order valence-corrected chi connectivity index (χ1v) is 9.60. The Hall–Kier alpha value is -3.53. The molecular weight excluding hydrogens is 449 g/mol. The van der Waals surface area contributed by atoms with E-state index in [1.165, 1.54) is 29.2 Å². The molecule has 2 amide bonds. The number of carbonyl (C=O) groups is 2. The lowest BCUT2D eigenvalue weighted by Gasteiger charge is -2.12. The maximum absolute atomic E-state index is 13.2. The van der Waals surface area contributed by atoms with E-state index in [1.54, 1.807) is 38.4 Å². The number of hydrogen-bond acceptors (Lipinski definition) is 4. The van der Waals surface area contributed by atoms with E-state index in [-0.39, 0.29) is 22.5 Å². The van der Waals surface area contributed by atoms with Crippen LogP contribution in [0.3, 0.4) is 0 Å². The molecular formula is C21H18ClF3N4O3. The number of rotatable bonds is 6. The Morgan fingerprint density at radius 1 is 1.12 bits per heavy atom. The molecule has 0 bridgehead atoms. The molecule has 3 rings (SSSR count). The lowest BCUT2D eigenvalue weighted by atomic mass is 10.2. The molecule has 0 unspecified atom stereocenters. The first kappa shape index (κ1) is 23.1. The van der Waals surface area contributed by atoms with Crippen LogP contribution in [0.4, 0.5) is 18.9 Å². The molecule has 7 nitrogen and oxygen atoms in total.